The van der Waals surface area contributed by atoms with Gasteiger partial charge in [-0.25, -0.2) is 4.79 Å². The average Bonchev–Trinajstić information content (AvgIpc) is 2.43. The number of esters is 1. The number of ether oxygens (including phenoxy) is 2. The monoisotopic (exact) mass is 291 g/mol. The fourth-order valence-corrected chi connectivity index (χ4v) is 2.37. The standard InChI is InChI=1S/C17H16O3.Na/c1-11(2)19-17(18)13-7-5-9-16-14(13)10-12-6-3-4-8-15(12)20-16;/h3-9,11H,10H2,1-2H3;. The van der Waals surface area contributed by atoms with Gasteiger partial charge in [-0.2, -0.15) is 0 Å². The van der Waals surface area contributed by atoms with E-state index in [0.717, 1.165) is 22.6 Å². The molecule has 0 N–H and O–H groups in total. The van der Waals surface area contributed by atoms with Crippen LogP contribution in [-0.2, 0) is 11.2 Å². The molecule has 0 aliphatic carbocycles. The van der Waals surface area contributed by atoms with Crippen LogP contribution in [0, 0.1) is 0 Å². The Labute approximate surface area is 146 Å². The van der Waals surface area contributed by atoms with E-state index in [9.17, 15) is 4.79 Å². The number of para-hydroxylation sites is 1. The van der Waals surface area contributed by atoms with Crippen LogP contribution in [0.1, 0.15) is 35.3 Å². The summed E-state index contributed by atoms with van der Waals surface area (Å²) in [7, 11) is 0. The maximum Gasteiger partial charge on any atom is 0.338 e. The van der Waals surface area contributed by atoms with Gasteiger partial charge in [0.1, 0.15) is 11.5 Å². The largest absolute Gasteiger partial charge is 0.459 e. The van der Waals surface area contributed by atoms with Crippen molar-refractivity contribution in [1.29, 1.82) is 0 Å². The fraction of sp³-hybridized carbons (Fsp3) is 0.235. The molecule has 1 radical (unpaired) electrons. The molecule has 2 aromatic carbocycles. The minimum atomic E-state index is -0.292. The van der Waals surface area contributed by atoms with Gasteiger partial charge in [0, 0.05) is 41.5 Å². The van der Waals surface area contributed by atoms with Crippen LogP contribution >= 0.6 is 0 Å². The Morgan fingerprint density at radius 3 is 2.57 bits per heavy atom. The maximum absolute atomic E-state index is 12.2. The first-order valence-electron chi connectivity index (χ1n) is 6.74. The van der Waals surface area contributed by atoms with Crippen LogP contribution in [0.4, 0.5) is 0 Å². The summed E-state index contributed by atoms with van der Waals surface area (Å²) >= 11 is 0. The first kappa shape index (κ1) is 16.1. The topological polar surface area (TPSA) is 35.5 Å². The smallest absolute Gasteiger partial charge is 0.338 e. The second-order valence-electron chi connectivity index (χ2n) is 5.12. The molecule has 0 amide bonds. The van der Waals surface area contributed by atoms with E-state index in [1.54, 1.807) is 6.07 Å². The van der Waals surface area contributed by atoms with Crippen LogP contribution in [0.3, 0.4) is 0 Å². The molecule has 0 atom stereocenters. The summed E-state index contributed by atoms with van der Waals surface area (Å²) in [4.78, 5) is 12.2. The molecule has 0 aromatic heterocycles. The summed E-state index contributed by atoms with van der Waals surface area (Å²) in [5.74, 6) is 1.30. The number of rotatable bonds is 2. The van der Waals surface area contributed by atoms with Crippen LogP contribution in [0.15, 0.2) is 42.5 Å². The van der Waals surface area contributed by atoms with E-state index in [0.29, 0.717) is 12.0 Å². The third-order valence-electron chi connectivity index (χ3n) is 3.26. The zero-order valence-electron chi connectivity index (χ0n) is 12.6. The SMILES string of the molecule is CC(C)OC(=O)c1cccc2c1Cc1ccccc1O2.[Na]. The minimum absolute atomic E-state index is 0. The zero-order chi connectivity index (χ0) is 14.1. The molecule has 1 aliphatic heterocycles. The van der Waals surface area contributed by atoms with Crippen molar-refractivity contribution in [3.8, 4) is 11.5 Å². The van der Waals surface area contributed by atoms with Gasteiger partial charge in [-0.1, -0.05) is 24.3 Å². The van der Waals surface area contributed by atoms with Gasteiger partial charge in [-0.15, -0.1) is 0 Å². The molecule has 1 aliphatic rings. The van der Waals surface area contributed by atoms with E-state index in [1.807, 2.05) is 50.2 Å². The molecular weight excluding hydrogens is 275 g/mol. The summed E-state index contributed by atoms with van der Waals surface area (Å²) in [6, 6.07) is 13.4. The van der Waals surface area contributed by atoms with E-state index in [4.69, 9.17) is 9.47 Å². The Morgan fingerprint density at radius 2 is 1.81 bits per heavy atom. The van der Waals surface area contributed by atoms with Crippen LogP contribution in [0.5, 0.6) is 11.5 Å². The van der Waals surface area contributed by atoms with Gasteiger partial charge in [-0.3, -0.25) is 0 Å². The van der Waals surface area contributed by atoms with Gasteiger partial charge in [0.15, 0.2) is 0 Å². The van der Waals surface area contributed by atoms with E-state index >= 15 is 0 Å². The Balaban J connectivity index is 0.00000161. The van der Waals surface area contributed by atoms with Gasteiger partial charge in [0.2, 0.25) is 0 Å². The second kappa shape index (κ2) is 6.65. The normalized spacial score (nSPS) is 11.8. The predicted octanol–water partition coefficient (Wildman–Crippen LogP) is 3.57. The Morgan fingerprint density at radius 1 is 1.10 bits per heavy atom. The predicted molar refractivity (Wildman–Crippen MR) is 82.1 cm³/mol. The molecular formula is C17H16NaO3. The van der Waals surface area contributed by atoms with E-state index < -0.39 is 0 Å². The van der Waals surface area contributed by atoms with Crippen molar-refractivity contribution in [2.24, 2.45) is 0 Å². The fourth-order valence-electron chi connectivity index (χ4n) is 2.37. The minimum Gasteiger partial charge on any atom is -0.459 e. The molecule has 21 heavy (non-hydrogen) atoms. The molecule has 3 rings (SSSR count). The number of benzene rings is 2. The van der Waals surface area contributed by atoms with Crippen molar-refractivity contribution >= 4 is 35.5 Å². The Bertz CT molecular complexity index is 665. The van der Waals surface area contributed by atoms with Gasteiger partial charge < -0.3 is 9.47 Å². The van der Waals surface area contributed by atoms with Crippen LogP contribution in [-0.4, -0.2) is 41.6 Å². The molecule has 3 nitrogen and oxygen atoms in total. The summed E-state index contributed by atoms with van der Waals surface area (Å²) in [5.41, 5.74) is 2.58. The second-order valence-corrected chi connectivity index (χ2v) is 5.12. The van der Waals surface area contributed by atoms with Gasteiger partial charge in [0.25, 0.3) is 0 Å². The van der Waals surface area contributed by atoms with Crippen LogP contribution in [0.25, 0.3) is 0 Å². The molecule has 1 heterocycles. The third kappa shape index (κ3) is 3.31. The summed E-state index contributed by atoms with van der Waals surface area (Å²) in [5, 5.41) is 0. The van der Waals surface area contributed by atoms with Gasteiger partial charge >= 0.3 is 5.97 Å². The van der Waals surface area contributed by atoms with Crippen molar-refractivity contribution in [3.63, 3.8) is 0 Å². The number of carbonyl (C=O) groups is 1. The molecule has 0 saturated carbocycles. The van der Waals surface area contributed by atoms with E-state index in [-0.39, 0.29) is 41.6 Å². The van der Waals surface area contributed by atoms with Gasteiger partial charge in [-0.05, 0) is 37.6 Å². The molecule has 0 saturated heterocycles. The van der Waals surface area contributed by atoms with E-state index in [2.05, 4.69) is 0 Å². The van der Waals surface area contributed by atoms with Crippen molar-refractivity contribution in [2.75, 3.05) is 0 Å². The molecule has 103 valence electrons. The van der Waals surface area contributed by atoms with Crippen LogP contribution in [0.2, 0.25) is 0 Å². The molecule has 0 bridgehead atoms. The molecule has 0 spiro atoms. The zero-order valence-corrected chi connectivity index (χ0v) is 14.6. The van der Waals surface area contributed by atoms with Crippen molar-refractivity contribution < 1.29 is 14.3 Å². The van der Waals surface area contributed by atoms with Gasteiger partial charge in [0.05, 0.1) is 11.7 Å². The molecule has 2 aromatic rings. The number of hydrogen-bond donors (Lipinski definition) is 0. The van der Waals surface area contributed by atoms with Crippen molar-refractivity contribution in [2.45, 2.75) is 26.4 Å². The Kier molecular flexibility index (Phi) is 5.09. The maximum atomic E-state index is 12.2. The average molecular weight is 291 g/mol. The van der Waals surface area contributed by atoms with Crippen molar-refractivity contribution in [3.05, 3.63) is 59.2 Å². The molecule has 0 fully saturated rings. The molecule has 0 unspecified atom stereocenters. The first-order chi connectivity index (χ1) is 9.65. The van der Waals surface area contributed by atoms with E-state index in [1.165, 1.54) is 0 Å². The summed E-state index contributed by atoms with van der Waals surface area (Å²) in [6.45, 7) is 3.69. The number of carbonyl (C=O) groups excluding carboxylic acids is 1. The van der Waals surface area contributed by atoms with Crippen molar-refractivity contribution in [1.82, 2.24) is 0 Å². The van der Waals surface area contributed by atoms with Crippen LogP contribution < -0.4 is 4.74 Å². The summed E-state index contributed by atoms with van der Waals surface area (Å²) < 4.78 is 11.2. The third-order valence-corrected chi connectivity index (χ3v) is 3.26. The molecule has 4 heteroatoms. The summed E-state index contributed by atoms with van der Waals surface area (Å²) in [6.07, 6.45) is 0.560. The Hall–Kier alpha value is -1.29. The number of fused-ring (bicyclic) bond motifs is 2. The first-order valence-corrected chi connectivity index (χ1v) is 6.74. The number of hydrogen-bond acceptors (Lipinski definition) is 3. The quantitative estimate of drug-likeness (QED) is 0.535.